The fourth-order valence-electron chi connectivity index (χ4n) is 0.784. The number of hydrogen-bond acceptors (Lipinski definition) is 2. The molecule has 0 aromatic heterocycles. The Hall–Kier alpha value is -0.870. The smallest absolute Gasteiger partial charge is 0.282 e. The Morgan fingerprint density at radius 2 is 2.18 bits per heavy atom. The minimum atomic E-state index is -4.25. The van der Waals surface area contributed by atoms with Gasteiger partial charge in [-0.05, 0) is 18.5 Å². The van der Waals surface area contributed by atoms with Crippen molar-refractivity contribution in [3.8, 4) is 0 Å². The number of benzene rings is 1. The van der Waals surface area contributed by atoms with Crippen LogP contribution in [0.2, 0.25) is 0 Å². The summed E-state index contributed by atoms with van der Waals surface area (Å²) in [5, 5.41) is 0. The van der Waals surface area contributed by atoms with Crippen LogP contribution in [0.4, 0.5) is 0 Å². The molecule has 0 spiro atoms. The average molecular weight is 173 g/mol. The second-order valence-electron chi connectivity index (χ2n) is 2.16. The Kier molecular flexibility index (Phi) is 1.63. The third-order valence-corrected chi connectivity index (χ3v) is 2.23. The minimum Gasteiger partial charge on any atom is -0.282 e. The van der Waals surface area contributed by atoms with Crippen LogP contribution in [0.25, 0.3) is 0 Å². The van der Waals surface area contributed by atoms with E-state index < -0.39 is 10.1 Å². The second-order valence-corrected chi connectivity index (χ2v) is 3.52. The van der Waals surface area contributed by atoms with Crippen LogP contribution in [0.5, 0.6) is 0 Å². The van der Waals surface area contributed by atoms with E-state index in [0.717, 1.165) is 0 Å². The number of aryl methyl sites for hydroxylation is 1. The Balaban J connectivity index is 3.53. The lowest BCUT2D eigenvalue weighted by atomic mass is 10.2. The molecular weight excluding hydrogens is 164 g/mol. The highest BCUT2D eigenvalue weighted by atomic mass is 32.2. The van der Waals surface area contributed by atoms with Crippen LogP contribution in [-0.4, -0.2) is 13.0 Å². The van der Waals surface area contributed by atoms with Gasteiger partial charge in [-0.25, -0.2) is 0 Å². The third kappa shape index (κ3) is 1.78. The number of hydrogen-bond donors (Lipinski definition) is 1. The fourth-order valence-corrected chi connectivity index (χ4v) is 1.48. The molecule has 0 fully saturated rings. The third-order valence-electron chi connectivity index (χ3n) is 1.27. The summed E-state index contributed by atoms with van der Waals surface area (Å²) >= 11 is 0. The predicted molar refractivity (Wildman–Crippen MR) is 41.0 cm³/mol. The first-order valence-corrected chi connectivity index (χ1v) is 4.40. The molecule has 3 nitrogen and oxygen atoms in total. The van der Waals surface area contributed by atoms with Crippen LogP contribution >= 0.6 is 0 Å². The Labute approximate surface area is 66.8 Å². The van der Waals surface area contributed by atoms with Crippen molar-refractivity contribution in [2.24, 2.45) is 0 Å². The molecule has 1 aromatic rings. The SMILES string of the molecule is [2H]c1cccc(C)c1S(=O)(=O)O. The van der Waals surface area contributed by atoms with Crippen molar-refractivity contribution >= 4 is 10.1 Å². The van der Waals surface area contributed by atoms with Gasteiger partial charge < -0.3 is 0 Å². The zero-order valence-corrected chi connectivity index (χ0v) is 6.72. The molecule has 0 saturated heterocycles. The predicted octanol–water partition coefficient (Wildman–Crippen LogP) is 1.24. The molecule has 0 aliphatic rings. The summed E-state index contributed by atoms with van der Waals surface area (Å²) in [5.74, 6) is 0. The summed E-state index contributed by atoms with van der Waals surface area (Å²) in [4.78, 5) is -0.315. The summed E-state index contributed by atoms with van der Waals surface area (Å²) in [6.07, 6.45) is 0. The van der Waals surface area contributed by atoms with Gasteiger partial charge in [-0.1, -0.05) is 18.2 Å². The first-order chi connectivity index (χ1) is 5.43. The minimum absolute atomic E-state index is 0.183. The van der Waals surface area contributed by atoms with Gasteiger partial charge in [0.15, 0.2) is 0 Å². The normalized spacial score (nSPS) is 12.7. The summed E-state index contributed by atoms with van der Waals surface area (Å²) in [6, 6.07) is 4.22. The van der Waals surface area contributed by atoms with Crippen LogP contribution in [0.15, 0.2) is 29.1 Å². The lowest BCUT2D eigenvalue weighted by molar-refractivity contribution is 0.482. The van der Waals surface area contributed by atoms with Crippen LogP contribution in [0.3, 0.4) is 0 Å². The molecule has 1 N–H and O–H groups in total. The maximum absolute atomic E-state index is 10.7. The average Bonchev–Trinajstić information content (AvgIpc) is 1.82. The molecule has 0 bridgehead atoms. The molecular formula is C7H8O3S. The molecule has 11 heavy (non-hydrogen) atoms. The zero-order chi connectivity index (χ0) is 9.35. The molecule has 1 aromatic carbocycles. The van der Waals surface area contributed by atoms with Gasteiger partial charge in [-0.3, -0.25) is 4.55 Å². The first-order valence-electron chi connectivity index (χ1n) is 3.46. The van der Waals surface area contributed by atoms with E-state index in [1.165, 1.54) is 19.1 Å². The van der Waals surface area contributed by atoms with E-state index in [9.17, 15) is 8.42 Å². The maximum atomic E-state index is 10.7. The molecule has 0 heterocycles. The van der Waals surface area contributed by atoms with Gasteiger partial charge in [-0.2, -0.15) is 8.42 Å². The number of rotatable bonds is 1. The molecule has 0 radical (unpaired) electrons. The van der Waals surface area contributed by atoms with E-state index in [-0.39, 0.29) is 10.9 Å². The van der Waals surface area contributed by atoms with Crippen LogP contribution < -0.4 is 0 Å². The van der Waals surface area contributed by atoms with Crippen LogP contribution in [0.1, 0.15) is 6.93 Å². The highest BCUT2D eigenvalue weighted by molar-refractivity contribution is 7.85. The van der Waals surface area contributed by atoms with Crippen molar-refractivity contribution < 1.29 is 14.3 Å². The topological polar surface area (TPSA) is 54.4 Å². The molecule has 4 heteroatoms. The summed E-state index contributed by atoms with van der Waals surface area (Å²) in [6.45, 7) is 1.53. The van der Waals surface area contributed by atoms with Gasteiger partial charge >= 0.3 is 0 Å². The largest absolute Gasteiger partial charge is 0.294 e. The summed E-state index contributed by atoms with van der Waals surface area (Å²) < 4.78 is 37.4. The molecule has 0 atom stereocenters. The van der Waals surface area contributed by atoms with Crippen molar-refractivity contribution in [2.75, 3.05) is 0 Å². The van der Waals surface area contributed by atoms with E-state index >= 15 is 0 Å². The maximum Gasteiger partial charge on any atom is 0.294 e. The quantitative estimate of drug-likeness (QED) is 0.650. The van der Waals surface area contributed by atoms with Gasteiger partial charge in [0.05, 0.1) is 6.27 Å². The highest BCUT2D eigenvalue weighted by Crippen LogP contribution is 2.12. The van der Waals surface area contributed by atoms with Crippen molar-refractivity contribution in [1.82, 2.24) is 0 Å². The molecule has 0 aliphatic heterocycles. The van der Waals surface area contributed by atoms with E-state index in [1.54, 1.807) is 6.07 Å². The standard InChI is InChI=1S/C7H8O3S/c1-6-4-2-3-5-7(6)11(8,9)10/h2-5H,1H3,(H,8,9,10)/i5D. The Morgan fingerprint density at radius 1 is 1.55 bits per heavy atom. The Bertz CT molecular complexity index is 377. The monoisotopic (exact) mass is 173 g/mol. The molecule has 0 saturated carbocycles. The van der Waals surface area contributed by atoms with Crippen molar-refractivity contribution in [3.05, 3.63) is 29.8 Å². The van der Waals surface area contributed by atoms with E-state index in [1.807, 2.05) is 0 Å². The fraction of sp³-hybridized carbons (Fsp3) is 0.143. The van der Waals surface area contributed by atoms with Gasteiger partial charge in [0, 0.05) is 0 Å². The van der Waals surface area contributed by atoms with Gasteiger partial charge in [-0.15, -0.1) is 0 Å². The molecule has 0 amide bonds. The van der Waals surface area contributed by atoms with E-state index in [4.69, 9.17) is 5.92 Å². The van der Waals surface area contributed by atoms with Crippen LogP contribution in [-0.2, 0) is 10.1 Å². The van der Waals surface area contributed by atoms with Gasteiger partial charge in [0.25, 0.3) is 10.1 Å². The van der Waals surface area contributed by atoms with Crippen molar-refractivity contribution in [1.29, 1.82) is 0 Å². The summed E-state index contributed by atoms with van der Waals surface area (Å²) in [5.41, 5.74) is 0.380. The van der Waals surface area contributed by atoms with Crippen LogP contribution in [0, 0.1) is 6.92 Å². The van der Waals surface area contributed by atoms with Gasteiger partial charge in [0.1, 0.15) is 0 Å². The lowest BCUT2D eigenvalue weighted by Crippen LogP contribution is -1.99. The van der Waals surface area contributed by atoms with Crippen molar-refractivity contribution in [3.63, 3.8) is 0 Å². The lowest BCUT2D eigenvalue weighted by Gasteiger charge is -1.99. The molecule has 60 valence electrons. The first kappa shape index (κ1) is 6.82. The highest BCUT2D eigenvalue weighted by Gasteiger charge is 2.10. The van der Waals surface area contributed by atoms with E-state index in [2.05, 4.69) is 0 Å². The zero-order valence-electron chi connectivity index (χ0n) is 6.90. The Morgan fingerprint density at radius 3 is 2.55 bits per heavy atom. The second kappa shape index (κ2) is 2.64. The molecule has 0 unspecified atom stereocenters. The van der Waals surface area contributed by atoms with Crippen molar-refractivity contribution in [2.45, 2.75) is 11.8 Å². The van der Waals surface area contributed by atoms with E-state index in [0.29, 0.717) is 5.56 Å². The summed E-state index contributed by atoms with van der Waals surface area (Å²) in [7, 11) is -4.25. The van der Waals surface area contributed by atoms with Gasteiger partial charge in [0.2, 0.25) is 0 Å². The molecule has 1 rings (SSSR count). The molecule has 0 aliphatic carbocycles.